The zero-order valence-corrected chi connectivity index (χ0v) is 10.3. The summed E-state index contributed by atoms with van der Waals surface area (Å²) in [4.78, 5) is 0. The molecule has 0 fully saturated rings. The van der Waals surface area contributed by atoms with Crippen LogP contribution in [0.25, 0.3) is 0 Å². The van der Waals surface area contributed by atoms with Gasteiger partial charge in [0, 0.05) is 12.6 Å². The van der Waals surface area contributed by atoms with Crippen LogP contribution in [-0.2, 0) is 0 Å². The molecule has 15 heavy (non-hydrogen) atoms. The first-order valence-corrected chi connectivity index (χ1v) is 6.86. The third kappa shape index (κ3) is 2.52. The Morgan fingerprint density at radius 2 is 2.40 bits per heavy atom. The average Bonchev–Trinajstić information content (AvgIpc) is 2.27. The predicted molar refractivity (Wildman–Crippen MR) is 70.4 cm³/mol. The van der Waals surface area contributed by atoms with Crippen LogP contribution in [0.2, 0.25) is 5.02 Å². The molecule has 82 valence electrons. The Hall–Kier alpha value is -0.540. The van der Waals surface area contributed by atoms with Crippen molar-refractivity contribution in [1.29, 1.82) is 0 Å². The van der Waals surface area contributed by atoms with Gasteiger partial charge in [-0.3, -0.25) is 0 Å². The maximum absolute atomic E-state index is 6.13. The van der Waals surface area contributed by atoms with E-state index in [2.05, 4.69) is 23.0 Å². The van der Waals surface area contributed by atoms with E-state index in [9.17, 15) is 0 Å². The van der Waals surface area contributed by atoms with Crippen molar-refractivity contribution >= 4 is 34.7 Å². The van der Waals surface area contributed by atoms with Gasteiger partial charge in [-0.2, -0.15) is 11.8 Å². The lowest BCUT2D eigenvalue weighted by Crippen LogP contribution is -2.33. The van der Waals surface area contributed by atoms with E-state index in [-0.39, 0.29) is 0 Å². The molecule has 2 nitrogen and oxygen atoms in total. The van der Waals surface area contributed by atoms with E-state index in [0.29, 0.717) is 6.04 Å². The van der Waals surface area contributed by atoms with Gasteiger partial charge in [0.15, 0.2) is 0 Å². The van der Waals surface area contributed by atoms with Crippen LogP contribution < -0.4 is 10.6 Å². The number of nitrogens with one attached hydrogen (secondary N) is 2. The van der Waals surface area contributed by atoms with Crippen LogP contribution in [0.3, 0.4) is 0 Å². The molecule has 1 aliphatic rings. The van der Waals surface area contributed by atoms with Gasteiger partial charge in [0.1, 0.15) is 0 Å². The fourth-order valence-electron chi connectivity index (χ4n) is 1.74. The maximum atomic E-state index is 6.13. The molecule has 2 rings (SSSR count). The smallest absolute Gasteiger partial charge is 0.0768 e. The summed E-state index contributed by atoms with van der Waals surface area (Å²) in [6.45, 7) is 0.980. The Morgan fingerprint density at radius 3 is 3.20 bits per heavy atom. The largest absolute Gasteiger partial charge is 0.381 e. The van der Waals surface area contributed by atoms with E-state index in [4.69, 9.17) is 11.6 Å². The molecule has 0 saturated heterocycles. The van der Waals surface area contributed by atoms with Crippen molar-refractivity contribution in [3.8, 4) is 0 Å². The summed E-state index contributed by atoms with van der Waals surface area (Å²) in [5.74, 6) is 1.18. The third-order valence-corrected chi connectivity index (χ3v) is 3.53. The SMILES string of the molecule is CSCCC1CNc2cccc(Cl)c2N1. The molecule has 1 heterocycles. The van der Waals surface area contributed by atoms with E-state index in [1.807, 2.05) is 23.9 Å². The van der Waals surface area contributed by atoms with Gasteiger partial charge in [0.2, 0.25) is 0 Å². The molecule has 0 bridgehead atoms. The molecule has 0 saturated carbocycles. The van der Waals surface area contributed by atoms with Crippen molar-refractivity contribution in [2.75, 3.05) is 29.2 Å². The first-order chi connectivity index (χ1) is 7.31. The standard InChI is InChI=1S/C11H15ClN2S/c1-15-6-5-8-7-13-10-4-2-3-9(12)11(10)14-8/h2-4,8,13-14H,5-7H2,1H3. The van der Waals surface area contributed by atoms with E-state index in [1.165, 1.54) is 12.2 Å². The van der Waals surface area contributed by atoms with E-state index in [1.54, 1.807) is 0 Å². The molecule has 0 amide bonds. The zero-order chi connectivity index (χ0) is 10.7. The second-order valence-electron chi connectivity index (χ2n) is 3.67. The highest BCUT2D eigenvalue weighted by Gasteiger charge is 2.18. The monoisotopic (exact) mass is 242 g/mol. The Kier molecular flexibility index (Phi) is 3.65. The zero-order valence-electron chi connectivity index (χ0n) is 8.72. The minimum atomic E-state index is 0.491. The summed E-state index contributed by atoms with van der Waals surface area (Å²) in [5.41, 5.74) is 2.17. The molecule has 0 radical (unpaired) electrons. The lowest BCUT2D eigenvalue weighted by atomic mass is 10.1. The molecule has 2 N–H and O–H groups in total. The van der Waals surface area contributed by atoms with Crippen molar-refractivity contribution in [1.82, 2.24) is 0 Å². The van der Waals surface area contributed by atoms with E-state index in [0.717, 1.165) is 22.9 Å². The number of hydrogen-bond acceptors (Lipinski definition) is 3. The molecule has 1 unspecified atom stereocenters. The number of fused-ring (bicyclic) bond motifs is 1. The number of hydrogen-bond donors (Lipinski definition) is 2. The van der Waals surface area contributed by atoms with Crippen LogP contribution in [0.4, 0.5) is 11.4 Å². The number of anilines is 2. The summed E-state index contributed by atoms with van der Waals surface area (Å²) < 4.78 is 0. The predicted octanol–water partition coefficient (Wildman–Crippen LogP) is 3.30. The summed E-state index contributed by atoms with van der Waals surface area (Å²) in [6, 6.07) is 6.44. The Labute approximate surface area is 99.8 Å². The van der Waals surface area contributed by atoms with Crippen LogP contribution >= 0.6 is 23.4 Å². The fraction of sp³-hybridized carbons (Fsp3) is 0.455. The van der Waals surface area contributed by atoms with Crippen LogP contribution in [0.1, 0.15) is 6.42 Å². The van der Waals surface area contributed by atoms with Gasteiger partial charge >= 0.3 is 0 Å². The average molecular weight is 243 g/mol. The molecule has 0 aliphatic carbocycles. The Balaban J connectivity index is 2.08. The topological polar surface area (TPSA) is 24.1 Å². The normalized spacial score (nSPS) is 18.9. The first kappa shape index (κ1) is 11.0. The second kappa shape index (κ2) is 4.99. The summed E-state index contributed by atoms with van der Waals surface area (Å²) in [7, 11) is 0. The van der Waals surface area contributed by atoms with Crippen LogP contribution in [0.5, 0.6) is 0 Å². The number of halogens is 1. The maximum Gasteiger partial charge on any atom is 0.0768 e. The highest BCUT2D eigenvalue weighted by Crippen LogP contribution is 2.33. The lowest BCUT2D eigenvalue weighted by Gasteiger charge is -2.28. The molecule has 1 aromatic carbocycles. The van der Waals surface area contributed by atoms with E-state index >= 15 is 0 Å². The Morgan fingerprint density at radius 1 is 1.53 bits per heavy atom. The molecule has 1 aliphatic heterocycles. The molecule has 0 aromatic heterocycles. The minimum absolute atomic E-state index is 0.491. The number of rotatable bonds is 3. The quantitative estimate of drug-likeness (QED) is 0.851. The van der Waals surface area contributed by atoms with Gasteiger partial charge in [-0.15, -0.1) is 0 Å². The van der Waals surface area contributed by atoms with Gasteiger partial charge < -0.3 is 10.6 Å². The lowest BCUT2D eigenvalue weighted by molar-refractivity contribution is 0.720. The Bertz CT molecular complexity index is 343. The summed E-state index contributed by atoms with van der Waals surface area (Å²) in [6.07, 6.45) is 3.30. The molecular weight excluding hydrogens is 228 g/mol. The van der Waals surface area contributed by atoms with Crippen LogP contribution in [-0.4, -0.2) is 24.6 Å². The second-order valence-corrected chi connectivity index (χ2v) is 5.06. The highest BCUT2D eigenvalue weighted by molar-refractivity contribution is 7.98. The minimum Gasteiger partial charge on any atom is -0.381 e. The number of para-hydroxylation sites is 1. The number of thioether (sulfide) groups is 1. The van der Waals surface area contributed by atoms with Gasteiger partial charge in [-0.1, -0.05) is 17.7 Å². The number of benzene rings is 1. The van der Waals surface area contributed by atoms with Crippen LogP contribution in [0, 0.1) is 0 Å². The first-order valence-electron chi connectivity index (χ1n) is 5.09. The van der Waals surface area contributed by atoms with Crippen molar-refractivity contribution in [3.63, 3.8) is 0 Å². The molecule has 4 heteroatoms. The van der Waals surface area contributed by atoms with Gasteiger partial charge in [-0.25, -0.2) is 0 Å². The molecule has 1 aromatic rings. The third-order valence-electron chi connectivity index (χ3n) is 2.57. The van der Waals surface area contributed by atoms with E-state index < -0.39 is 0 Å². The molecule has 0 spiro atoms. The van der Waals surface area contributed by atoms with Crippen molar-refractivity contribution in [2.24, 2.45) is 0 Å². The van der Waals surface area contributed by atoms with Gasteiger partial charge in [-0.05, 0) is 30.6 Å². The van der Waals surface area contributed by atoms with Crippen molar-refractivity contribution in [3.05, 3.63) is 23.2 Å². The van der Waals surface area contributed by atoms with Gasteiger partial charge in [0.25, 0.3) is 0 Å². The van der Waals surface area contributed by atoms with Crippen LogP contribution in [0.15, 0.2) is 18.2 Å². The van der Waals surface area contributed by atoms with Crippen molar-refractivity contribution in [2.45, 2.75) is 12.5 Å². The fourth-order valence-corrected chi connectivity index (χ4v) is 2.49. The summed E-state index contributed by atoms with van der Waals surface area (Å²) >= 11 is 8.01. The highest BCUT2D eigenvalue weighted by atomic mass is 35.5. The molecular formula is C11H15ClN2S. The summed E-state index contributed by atoms with van der Waals surface area (Å²) in [5, 5.41) is 7.70. The van der Waals surface area contributed by atoms with Crippen molar-refractivity contribution < 1.29 is 0 Å². The molecule has 1 atom stereocenters. The van der Waals surface area contributed by atoms with Gasteiger partial charge in [0.05, 0.1) is 16.4 Å².